The van der Waals surface area contributed by atoms with Crippen LogP contribution in [0, 0.1) is 5.41 Å². The number of halogens is 1. The Morgan fingerprint density at radius 1 is 1.29 bits per heavy atom. The topological polar surface area (TPSA) is 113 Å². The summed E-state index contributed by atoms with van der Waals surface area (Å²) in [5, 5.41) is 2.60. The molecular formula is C18H27ClN4O4S. The van der Waals surface area contributed by atoms with Crippen LogP contribution in [0.1, 0.15) is 30.6 Å². The molecule has 2 saturated heterocycles. The van der Waals surface area contributed by atoms with E-state index in [-0.39, 0.29) is 60.2 Å². The zero-order valence-electron chi connectivity index (χ0n) is 16.1. The van der Waals surface area contributed by atoms with Crippen molar-refractivity contribution in [1.29, 1.82) is 0 Å². The molecule has 2 aliphatic heterocycles. The molecule has 1 aromatic carbocycles. The summed E-state index contributed by atoms with van der Waals surface area (Å²) in [5.74, 6) is -0.535. The van der Waals surface area contributed by atoms with Crippen LogP contribution in [0.4, 0.5) is 0 Å². The highest BCUT2D eigenvalue weighted by atomic mass is 35.5. The van der Waals surface area contributed by atoms with E-state index < -0.39 is 10.0 Å². The molecule has 2 aliphatic rings. The third-order valence-electron chi connectivity index (χ3n) is 5.32. The van der Waals surface area contributed by atoms with Crippen LogP contribution in [-0.2, 0) is 14.8 Å². The van der Waals surface area contributed by atoms with Gasteiger partial charge in [-0.15, -0.1) is 12.4 Å². The minimum atomic E-state index is -3.83. The molecule has 0 bridgehead atoms. The first-order chi connectivity index (χ1) is 12.6. The Kier molecular flexibility index (Phi) is 6.75. The van der Waals surface area contributed by atoms with Gasteiger partial charge in [-0.05, 0) is 30.0 Å². The molecule has 10 heteroatoms. The number of benzene rings is 1. The number of rotatable bonds is 3. The van der Waals surface area contributed by atoms with Crippen LogP contribution in [0.15, 0.2) is 29.2 Å². The highest BCUT2D eigenvalue weighted by Gasteiger charge is 2.36. The summed E-state index contributed by atoms with van der Waals surface area (Å²) in [5.41, 5.74) is 6.26. The van der Waals surface area contributed by atoms with Crippen molar-refractivity contribution in [1.82, 2.24) is 14.5 Å². The summed E-state index contributed by atoms with van der Waals surface area (Å²) in [6.45, 7) is 5.41. The van der Waals surface area contributed by atoms with Gasteiger partial charge in [-0.1, -0.05) is 19.9 Å². The fraction of sp³-hybridized carbons (Fsp3) is 0.556. The van der Waals surface area contributed by atoms with Crippen molar-refractivity contribution in [3.63, 3.8) is 0 Å². The first-order valence-corrected chi connectivity index (χ1v) is 10.5. The molecule has 2 fully saturated rings. The fourth-order valence-corrected chi connectivity index (χ4v) is 4.93. The minimum absolute atomic E-state index is 0. The van der Waals surface area contributed by atoms with Crippen molar-refractivity contribution in [3.8, 4) is 0 Å². The maximum atomic E-state index is 12.9. The van der Waals surface area contributed by atoms with E-state index in [1.807, 2.05) is 13.8 Å². The van der Waals surface area contributed by atoms with Gasteiger partial charge in [-0.3, -0.25) is 9.59 Å². The van der Waals surface area contributed by atoms with Crippen molar-refractivity contribution < 1.29 is 18.0 Å². The zero-order chi connectivity index (χ0) is 19.8. The molecule has 0 aromatic heterocycles. The van der Waals surface area contributed by atoms with Crippen LogP contribution in [0.25, 0.3) is 0 Å². The maximum Gasteiger partial charge on any atom is 0.253 e. The molecule has 156 valence electrons. The Labute approximate surface area is 171 Å². The zero-order valence-corrected chi connectivity index (χ0v) is 17.7. The third kappa shape index (κ3) is 4.48. The van der Waals surface area contributed by atoms with E-state index in [0.29, 0.717) is 25.1 Å². The monoisotopic (exact) mass is 430 g/mol. The van der Waals surface area contributed by atoms with E-state index in [1.165, 1.54) is 12.1 Å². The molecule has 1 unspecified atom stereocenters. The quantitative estimate of drug-likeness (QED) is 0.721. The van der Waals surface area contributed by atoms with Crippen LogP contribution < -0.4 is 11.1 Å². The second-order valence-corrected chi connectivity index (χ2v) is 9.76. The number of likely N-dealkylation sites (tertiary alicyclic amines) is 1. The molecule has 0 saturated carbocycles. The summed E-state index contributed by atoms with van der Waals surface area (Å²) in [6, 6.07) is 6.05. The number of piperazine rings is 1. The molecule has 28 heavy (non-hydrogen) atoms. The van der Waals surface area contributed by atoms with Gasteiger partial charge >= 0.3 is 0 Å². The number of nitrogens with one attached hydrogen (secondary N) is 1. The molecule has 1 atom stereocenters. The van der Waals surface area contributed by atoms with Gasteiger partial charge in [-0.2, -0.15) is 4.31 Å². The van der Waals surface area contributed by atoms with E-state index in [9.17, 15) is 18.0 Å². The second-order valence-electron chi connectivity index (χ2n) is 7.83. The summed E-state index contributed by atoms with van der Waals surface area (Å²) < 4.78 is 26.8. The van der Waals surface area contributed by atoms with Crippen molar-refractivity contribution >= 4 is 34.2 Å². The lowest BCUT2D eigenvalue weighted by Gasteiger charge is -2.42. The summed E-state index contributed by atoms with van der Waals surface area (Å²) in [6.07, 6.45) is 0.708. The number of nitrogens with zero attached hydrogens (tertiary/aromatic N) is 2. The highest BCUT2D eigenvalue weighted by Crippen LogP contribution is 2.29. The van der Waals surface area contributed by atoms with Crippen LogP contribution in [0.2, 0.25) is 0 Å². The molecule has 3 N–H and O–H groups in total. The van der Waals surface area contributed by atoms with Gasteiger partial charge in [0.2, 0.25) is 15.9 Å². The van der Waals surface area contributed by atoms with E-state index in [4.69, 9.17) is 5.73 Å². The summed E-state index contributed by atoms with van der Waals surface area (Å²) >= 11 is 0. The lowest BCUT2D eigenvalue weighted by atomic mass is 9.79. The highest BCUT2D eigenvalue weighted by molar-refractivity contribution is 7.89. The maximum absolute atomic E-state index is 12.9. The number of sulfonamides is 1. The molecule has 0 radical (unpaired) electrons. The van der Waals surface area contributed by atoms with E-state index in [1.54, 1.807) is 17.0 Å². The van der Waals surface area contributed by atoms with Gasteiger partial charge < -0.3 is 16.0 Å². The largest absolute Gasteiger partial charge is 0.354 e. The van der Waals surface area contributed by atoms with Crippen LogP contribution >= 0.6 is 12.4 Å². The van der Waals surface area contributed by atoms with Gasteiger partial charge in [0.25, 0.3) is 5.91 Å². The first-order valence-electron chi connectivity index (χ1n) is 9.03. The van der Waals surface area contributed by atoms with Crippen LogP contribution in [0.3, 0.4) is 0 Å². The molecule has 0 aliphatic carbocycles. The van der Waals surface area contributed by atoms with Gasteiger partial charge in [-0.25, -0.2) is 8.42 Å². The molecule has 8 nitrogen and oxygen atoms in total. The predicted octanol–water partition coefficient (Wildman–Crippen LogP) is 0.428. The van der Waals surface area contributed by atoms with Crippen molar-refractivity contribution in [2.45, 2.75) is 31.2 Å². The number of amides is 2. The number of hydrogen-bond acceptors (Lipinski definition) is 5. The summed E-state index contributed by atoms with van der Waals surface area (Å²) in [4.78, 5) is 26.2. The van der Waals surface area contributed by atoms with E-state index in [2.05, 4.69) is 5.32 Å². The van der Waals surface area contributed by atoms with E-state index in [0.717, 1.165) is 4.31 Å². The number of carbonyl (C=O) groups excluding carboxylic acids is 2. The standard InChI is InChI=1S/C18H26N4O4S.ClH/c1-18(2)12-21(8-6-15(18)19)17(24)13-4-3-5-14(10-13)27(25,26)22-9-7-20-16(23)11-22;/h3-5,10,15H,6-9,11-12,19H2,1-2H3,(H,20,23);1H. The first kappa shape index (κ1) is 22.6. The third-order valence-corrected chi connectivity index (χ3v) is 7.16. The number of hydrogen-bond donors (Lipinski definition) is 2. The van der Waals surface area contributed by atoms with E-state index >= 15 is 0 Å². The fourth-order valence-electron chi connectivity index (χ4n) is 3.49. The average Bonchev–Trinajstić information content (AvgIpc) is 2.63. The normalized spacial score (nSPS) is 22.9. The van der Waals surface area contributed by atoms with Crippen molar-refractivity contribution in [2.75, 3.05) is 32.7 Å². The lowest BCUT2D eigenvalue weighted by molar-refractivity contribution is -0.122. The van der Waals surface area contributed by atoms with Gasteiger partial charge in [0.15, 0.2) is 0 Å². The molecule has 2 heterocycles. The number of piperidine rings is 1. The number of nitrogens with two attached hydrogens (primary N) is 1. The number of carbonyl (C=O) groups is 2. The van der Waals surface area contributed by atoms with Gasteiger partial charge in [0.1, 0.15) is 0 Å². The van der Waals surface area contributed by atoms with Crippen LogP contribution in [0.5, 0.6) is 0 Å². The second kappa shape index (κ2) is 8.36. The Hall–Kier alpha value is -1.68. The molecule has 0 spiro atoms. The van der Waals surface area contributed by atoms with Crippen LogP contribution in [-0.4, -0.2) is 68.2 Å². The summed E-state index contributed by atoms with van der Waals surface area (Å²) in [7, 11) is -3.83. The predicted molar refractivity (Wildman–Crippen MR) is 108 cm³/mol. The Morgan fingerprint density at radius 3 is 2.64 bits per heavy atom. The Balaban J connectivity index is 0.00000280. The Bertz CT molecular complexity index is 859. The molecule has 2 amide bonds. The minimum Gasteiger partial charge on any atom is -0.354 e. The average molecular weight is 431 g/mol. The Morgan fingerprint density at radius 2 is 2.00 bits per heavy atom. The van der Waals surface area contributed by atoms with Crippen molar-refractivity contribution in [2.24, 2.45) is 11.1 Å². The molecule has 3 rings (SSSR count). The molecular weight excluding hydrogens is 404 g/mol. The van der Waals surface area contributed by atoms with Crippen molar-refractivity contribution in [3.05, 3.63) is 29.8 Å². The molecule has 1 aromatic rings. The van der Waals surface area contributed by atoms with Gasteiger partial charge in [0.05, 0.1) is 11.4 Å². The SMILES string of the molecule is CC1(C)CN(C(=O)c2cccc(S(=O)(=O)N3CCNC(=O)C3)c2)CCC1N.Cl. The van der Waals surface area contributed by atoms with Gasteiger partial charge in [0, 0.05) is 37.8 Å². The smallest absolute Gasteiger partial charge is 0.253 e. The lowest BCUT2D eigenvalue weighted by Crippen LogP contribution is -2.54.